The highest BCUT2D eigenvalue weighted by atomic mass is 32.1. The van der Waals surface area contributed by atoms with Crippen LogP contribution < -0.4 is 10.6 Å². The van der Waals surface area contributed by atoms with Crippen LogP contribution in [0, 0.1) is 6.92 Å². The van der Waals surface area contributed by atoms with Gasteiger partial charge in [-0.25, -0.2) is 4.98 Å². The Kier molecular flexibility index (Phi) is 3.88. The maximum atomic E-state index is 9.71. The van der Waals surface area contributed by atoms with Crippen LogP contribution in [0.25, 0.3) is 10.2 Å². The van der Waals surface area contributed by atoms with E-state index in [0.29, 0.717) is 5.95 Å². The van der Waals surface area contributed by atoms with Crippen molar-refractivity contribution < 1.29 is 5.11 Å². The van der Waals surface area contributed by atoms with Gasteiger partial charge in [-0.05, 0) is 55.2 Å². The molecule has 3 heterocycles. The molecule has 3 aromatic rings. The van der Waals surface area contributed by atoms with Crippen molar-refractivity contribution in [2.45, 2.75) is 38.3 Å². The normalized spacial score (nSPS) is 21.0. The van der Waals surface area contributed by atoms with Gasteiger partial charge < -0.3 is 15.7 Å². The third kappa shape index (κ3) is 3.15. The van der Waals surface area contributed by atoms with Crippen LogP contribution in [0.4, 0.5) is 16.8 Å². The molecule has 0 aromatic carbocycles. The van der Waals surface area contributed by atoms with Crippen LogP contribution in [-0.2, 0) is 0 Å². The number of aliphatic hydroxyl groups is 1. The first kappa shape index (κ1) is 14.8. The Morgan fingerprint density at radius 2 is 2.22 bits per heavy atom. The molecule has 1 fully saturated rings. The topological polar surface area (TPSA) is 83.0 Å². The fourth-order valence-corrected chi connectivity index (χ4v) is 4.27. The molecule has 0 bridgehead atoms. The number of aryl methyl sites for hydroxylation is 1. The van der Waals surface area contributed by atoms with E-state index in [0.717, 1.165) is 46.0 Å². The number of rotatable bonds is 4. The largest absolute Gasteiger partial charge is 0.393 e. The lowest BCUT2D eigenvalue weighted by Gasteiger charge is -2.14. The second kappa shape index (κ2) is 6.03. The van der Waals surface area contributed by atoms with E-state index in [1.54, 1.807) is 11.3 Å². The first-order valence-electron chi connectivity index (χ1n) is 7.57. The molecule has 1 saturated carbocycles. The molecule has 0 radical (unpaired) electrons. The summed E-state index contributed by atoms with van der Waals surface area (Å²) in [5.41, 5.74) is 1.90. The summed E-state index contributed by atoms with van der Waals surface area (Å²) in [7, 11) is 0. The Bertz CT molecular complexity index is 830. The summed E-state index contributed by atoms with van der Waals surface area (Å²) in [4.78, 5) is 9.21. The van der Waals surface area contributed by atoms with Crippen LogP contribution in [0.2, 0.25) is 0 Å². The molecular formula is C15H17N5OS2. The van der Waals surface area contributed by atoms with E-state index < -0.39 is 0 Å². The van der Waals surface area contributed by atoms with Gasteiger partial charge in [0.25, 0.3) is 0 Å². The van der Waals surface area contributed by atoms with Gasteiger partial charge in [0.2, 0.25) is 5.95 Å². The highest BCUT2D eigenvalue weighted by Crippen LogP contribution is 2.31. The molecule has 0 spiro atoms. The van der Waals surface area contributed by atoms with Crippen molar-refractivity contribution >= 4 is 49.9 Å². The molecule has 3 N–H and O–H groups in total. The zero-order valence-corrected chi connectivity index (χ0v) is 14.2. The van der Waals surface area contributed by atoms with Crippen molar-refractivity contribution in [3.63, 3.8) is 0 Å². The van der Waals surface area contributed by atoms with E-state index >= 15 is 0 Å². The molecule has 3 aromatic heterocycles. The molecule has 8 heteroatoms. The molecule has 6 nitrogen and oxygen atoms in total. The maximum Gasteiger partial charge on any atom is 0.230 e. The maximum absolute atomic E-state index is 9.71. The van der Waals surface area contributed by atoms with Gasteiger partial charge in [-0.1, -0.05) is 0 Å². The minimum absolute atomic E-state index is 0.203. The summed E-state index contributed by atoms with van der Waals surface area (Å²) in [6, 6.07) is 4.25. The Morgan fingerprint density at radius 1 is 1.30 bits per heavy atom. The lowest BCUT2D eigenvalue weighted by atomic mass is 10.2. The molecule has 0 saturated heterocycles. The summed E-state index contributed by atoms with van der Waals surface area (Å²) in [6.45, 7) is 1.96. The zero-order chi connectivity index (χ0) is 15.8. The highest BCUT2D eigenvalue weighted by Gasteiger charge is 2.24. The summed E-state index contributed by atoms with van der Waals surface area (Å²) in [6.07, 6.45) is 2.38. The van der Waals surface area contributed by atoms with Crippen molar-refractivity contribution in [1.82, 2.24) is 14.3 Å². The fraction of sp³-hybridized carbons (Fsp3) is 0.400. The van der Waals surface area contributed by atoms with E-state index in [4.69, 9.17) is 0 Å². The second-order valence-electron chi connectivity index (χ2n) is 5.80. The molecule has 23 heavy (non-hydrogen) atoms. The number of aliphatic hydroxyl groups excluding tert-OH is 1. The Labute approximate surface area is 141 Å². The average Bonchev–Trinajstić information content (AvgIpc) is 3.22. The van der Waals surface area contributed by atoms with Gasteiger partial charge in [0.1, 0.15) is 10.8 Å². The van der Waals surface area contributed by atoms with Gasteiger partial charge >= 0.3 is 0 Å². The van der Waals surface area contributed by atoms with Crippen LogP contribution in [0.5, 0.6) is 0 Å². The smallest absolute Gasteiger partial charge is 0.230 e. The number of fused-ring (bicyclic) bond motifs is 1. The third-order valence-electron chi connectivity index (χ3n) is 3.91. The second-order valence-corrected chi connectivity index (χ2v) is 7.52. The van der Waals surface area contributed by atoms with E-state index in [2.05, 4.69) is 25.0 Å². The zero-order valence-electron chi connectivity index (χ0n) is 12.6. The number of thiophene rings is 1. The van der Waals surface area contributed by atoms with Crippen LogP contribution in [0.3, 0.4) is 0 Å². The molecule has 0 aliphatic heterocycles. The minimum Gasteiger partial charge on any atom is -0.393 e. The SMILES string of the molecule is Cc1cc(Nc2nc(N[C@H]3CC[C@@H](O)C3)c3sccc3n2)sn1. The summed E-state index contributed by atoms with van der Waals surface area (Å²) in [5.74, 6) is 1.41. The molecule has 1 aliphatic rings. The van der Waals surface area contributed by atoms with E-state index in [1.807, 2.05) is 24.4 Å². The predicted octanol–water partition coefficient (Wildman–Crippen LogP) is 3.53. The van der Waals surface area contributed by atoms with Gasteiger partial charge in [-0.15, -0.1) is 11.3 Å². The van der Waals surface area contributed by atoms with Crippen LogP contribution in [0.1, 0.15) is 25.0 Å². The third-order valence-corrected chi connectivity index (χ3v) is 5.62. The number of hydrogen-bond donors (Lipinski definition) is 3. The van der Waals surface area contributed by atoms with Gasteiger partial charge in [0.15, 0.2) is 0 Å². The summed E-state index contributed by atoms with van der Waals surface area (Å²) in [5, 5.41) is 19.4. The Balaban J connectivity index is 1.64. The van der Waals surface area contributed by atoms with Gasteiger partial charge in [0.05, 0.1) is 22.0 Å². The molecule has 0 amide bonds. The van der Waals surface area contributed by atoms with Crippen molar-refractivity contribution in [2.75, 3.05) is 10.6 Å². The number of nitrogens with one attached hydrogen (secondary N) is 2. The molecule has 120 valence electrons. The van der Waals surface area contributed by atoms with Crippen LogP contribution in [0.15, 0.2) is 17.5 Å². The fourth-order valence-electron chi connectivity index (χ4n) is 2.83. The Hall–Kier alpha value is -1.77. The molecule has 4 rings (SSSR count). The predicted molar refractivity (Wildman–Crippen MR) is 94.8 cm³/mol. The Morgan fingerprint density at radius 3 is 2.96 bits per heavy atom. The van der Waals surface area contributed by atoms with Crippen molar-refractivity contribution in [1.29, 1.82) is 0 Å². The monoisotopic (exact) mass is 347 g/mol. The number of anilines is 3. The van der Waals surface area contributed by atoms with Crippen molar-refractivity contribution in [3.8, 4) is 0 Å². The quantitative estimate of drug-likeness (QED) is 0.670. The first-order chi connectivity index (χ1) is 11.2. The van der Waals surface area contributed by atoms with Crippen LogP contribution >= 0.6 is 22.9 Å². The lowest BCUT2D eigenvalue weighted by Crippen LogP contribution is -2.18. The highest BCUT2D eigenvalue weighted by molar-refractivity contribution is 7.17. The van der Waals surface area contributed by atoms with E-state index in [-0.39, 0.29) is 12.1 Å². The number of nitrogens with zero attached hydrogens (tertiary/aromatic N) is 3. The standard InChI is InChI=1S/C15H17N5OS2/c1-8-6-12(23-20-8)18-15-17-11-4-5-22-13(11)14(19-15)16-9-2-3-10(21)7-9/h4-6,9-10,21H,2-3,7H2,1H3,(H2,16,17,18,19)/t9-,10+/m0/s1. The van der Waals surface area contributed by atoms with Gasteiger partial charge in [-0.3, -0.25) is 0 Å². The van der Waals surface area contributed by atoms with E-state index in [1.165, 1.54) is 11.5 Å². The lowest BCUT2D eigenvalue weighted by molar-refractivity contribution is 0.182. The van der Waals surface area contributed by atoms with Crippen molar-refractivity contribution in [2.24, 2.45) is 0 Å². The summed E-state index contributed by atoms with van der Waals surface area (Å²) < 4.78 is 5.31. The van der Waals surface area contributed by atoms with Gasteiger partial charge in [-0.2, -0.15) is 9.36 Å². The number of hydrogen-bond acceptors (Lipinski definition) is 8. The molecular weight excluding hydrogens is 330 g/mol. The average molecular weight is 347 g/mol. The van der Waals surface area contributed by atoms with E-state index in [9.17, 15) is 5.11 Å². The first-order valence-corrected chi connectivity index (χ1v) is 9.23. The molecule has 2 atom stereocenters. The number of aromatic nitrogens is 3. The van der Waals surface area contributed by atoms with Crippen LogP contribution in [-0.4, -0.2) is 31.6 Å². The summed E-state index contributed by atoms with van der Waals surface area (Å²) >= 11 is 3.03. The van der Waals surface area contributed by atoms with Crippen molar-refractivity contribution in [3.05, 3.63) is 23.2 Å². The molecule has 1 aliphatic carbocycles. The molecule has 0 unspecified atom stereocenters. The van der Waals surface area contributed by atoms with Gasteiger partial charge in [0, 0.05) is 6.04 Å². The minimum atomic E-state index is -0.203.